The number of aromatic nitrogens is 1. The molecule has 2 aliphatic heterocycles. The Kier molecular flexibility index (Phi) is 10.8. The Bertz CT molecular complexity index is 2470. The smallest absolute Gasteiger partial charge is 0.407 e. The van der Waals surface area contributed by atoms with Gasteiger partial charge in [0.1, 0.15) is 29.5 Å². The SMILES string of the molecule is C=C[C@@H]1C[C@]1(NC(=O)[C@@H]1C[C@@H]2CN1C(=O)[C@H](C1CCCC1)NC(=O)OCC(C)(C)CC=Cc1cc3c(nc4cc(C#N)ccc4c3cc1OC)O2)C(=O)NS(=O)(=O)C1CC1. The summed E-state index contributed by atoms with van der Waals surface area (Å²) in [5.41, 5.74) is -0.451. The van der Waals surface area contributed by atoms with E-state index >= 15 is 0 Å². The van der Waals surface area contributed by atoms with Crippen molar-refractivity contribution >= 4 is 61.6 Å². The number of rotatable bonds is 8. The molecule has 1 aromatic heterocycles. The Balaban J connectivity index is 1.21. The van der Waals surface area contributed by atoms with Crippen LogP contribution in [-0.2, 0) is 29.1 Å². The molecule has 2 aromatic carbocycles. The first kappa shape index (κ1) is 41.1. The Morgan fingerprint density at radius 3 is 2.55 bits per heavy atom. The third-order valence-electron chi connectivity index (χ3n) is 12.6. The number of nitriles is 1. The summed E-state index contributed by atoms with van der Waals surface area (Å²) in [4.78, 5) is 62.9. The van der Waals surface area contributed by atoms with Crippen molar-refractivity contribution in [3.63, 3.8) is 0 Å². The summed E-state index contributed by atoms with van der Waals surface area (Å²) in [5, 5.41) is 16.9. The summed E-state index contributed by atoms with van der Waals surface area (Å²) >= 11 is 0. The molecule has 5 aliphatic rings. The molecule has 3 saturated carbocycles. The first-order chi connectivity index (χ1) is 28.6. The highest BCUT2D eigenvalue weighted by atomic mass is 32.2. The molecule has 3 aromatic rings. The molecule has 1 saturated heterocycles. The van der Waals surface area contributed by atoms with E-state index in [0.29, 0.717) is 54.3 Å². The number of ether oxygens (including phenoxy) is 3. The zero-order valence-corrected chi connectivity index (χ0v) is 34.8. The minimum Gasteiger partial charge on any atom is -0.496 e. The van der Waals surface area contributed by atoms with Crippen molar-refractivity contribution in [3.05, 3.63) is 60.2 Å². The number of fused-ring (bicyclic) bond motifs is 5. The van der Waals surface area contributed by atoms with E-state index in [4.69, 9.17) is 19.2 Å². The lowest BCUT2D eigenvalue weighted by atomic mass is 9.90. The number of hydrogen-bond acceptors (Lipinski definition) is 11. The van der Waals surface area contributed by atoms with E-state index in [1.54, 1.807) is 19.2 Å². The Morgan fingerprint density at radius 2 is 1.87 bits per heavy atom. The van der Waals surface area contributed by atoms with Gasteiger partial charge in [-0.2, -0.15) is 5.26 Å². The average molecular weight is 839 g/mol. The molecular formula is C44H50N6O9S. The quantitative estimate of drug-likeness (QED) is 0.203. The molecule has 0 unspecified atom stereocenters. The number of cyclic esters (lactones) is 1. The van der Waals surface area contributed by atoms with Gasteiger partial charge in [0.25, 0.3) is 5.91 Å². The summed E-state index contributed by atoms with van der Waals surface area (Å²) in [6, 6.07) is 8.97. The maximum Gasteiger partial charge on any atom is 0.407 e. The molecule has 8 rings (SSSR count). The highest BCUT2D eigenvalue weighted by Gasteiger charge is 2.62. The lowest BCUT2D eigenvalue weighted by Gasteiger charge is -2.32. The van der Waals surface area contributed by atoms with Gasteiger partial charge in [0.15, 0.2) is 0 Å². The van der Waals surface area contributed by atoms with Crippen LogP contribution in [0.3, 0.4) is 0 Å². The highest BCUT2D eigenvalue weighted by Crippen LogP contribution is 2.46. The van der Waals surface area contributed by atoms with E-state index in [-0.39, 0.29) is 37.8 Å². The second-order valence-electron chi connectivity index (χ2n) is 17.6. The van der Waals surface area contributed by atoms with Crippen molar-refractivity contribution in [2.45, 2.75) is 101 Å². The molecule has 4 fully saturated rings. The van der Waals surface area contributed by atoms with Gasteiger partial charge < -0.3 is 29.7 Å². The van der Waals surface area contributed by atoms with E-state index in [1.165, 1.54) is 11.0 Å². The number of methoxy groups -OCH3 is 1. The van der Waals surface area contributed by atoms with Crippen molar-refractivity contribution in [2.75, 3.05) is 20.3 Å². The van der Waals surface area contributed by atoms with Crippen LogP contribution in [0, 0.1) is 28.6 Å². The molecule has 0 spiro atoms. The molecule has 3 heterocycles. The largest absolute Gasteiger partial charge is 0.496 e. The van der Waals surface area contributed by atoms with Crippen molar-refractivity contribution < 1.29 is 41.8 Å². The molecule has 5 atom stereocenters. The van der Waals surface area contributed by atoms with E-state index in [2.05, 4.69) is 28.0 Å². The lowest BCUT2D eigenvalue weighted by molar-refractivity contribution is -0.142. The van der Waals surface area contributed by atoms with Crippen molar-refractivity contribution in [1.82, 2.24) is 25.2 Å². The molecule has 3 aliphatic carbocycles. The van der Waals surface area contributed by atoms with Crippen LogP contribution < -0.4 is 24.8 Å². The monoisotopic (exact) mass is 838 g/mol. The van der Waals surface area contributed by atoms with Crippen molar-refractivity contribution in [2.24, 2.45) is 17.3 Å². The zero-order valence-electron chi connectivity index (χ0n) is 34.0. The molecule has 4 amide bonds. The predicted molar refractivity (Wildman–Crippen MR) is 222 cm³/mol. The summed E-state index contributed by atoms with van der Waals surface area (Å²) in [5.74, 6) is -2.00. The first-order valence-electron chi connectivity index (χ1n) is 20.6. The standard InChI is InChI=1S/C44H50N6O9S/c1-5-28-21-44(28,41(53)49-60(55,56)30-13-14-30)48-38(51)35-19-29-23-50(35)40(52)37(26-9-6-7-10-26)47-42(54)58-24-43(2,3)16-8-11-27-18-33-32(20-36(27)57-4)31-15-12-25(22-45)17-34(31)46-39(33)59-29/h5,8,11-12,15,17-18,20,26,28-30,35,37H,1,6-7,9-10,13-14,16,19,21,23-24H2,2-4H3,(H,47,54)(H,48,51)(H,49,53)/t28-,29-,35+,37+,44-/m1/s1. The lowest BCUT2D eigenvalue weighted by Crippen LogP contribution is -2.59. The van der Waals surface area contributed by atoms with Gasteiger partial charge in [0.2, 0.25) is 27.7 Å². The minimum atomic E-state index is -3.93. The molecule has 0 radical (unpaired) electrons. The fourth-order valence-corrected chi connectivity index (χ4v) is 10.2. The number of nitrogens with one attached hydrogen (secondary N) is 3. The Hall–Kier alpha value is -5.69. The second-order valence-corrected chi connectivity index (χ2v) is 19.5. The summed E-state index contributed by atoms with van der Waals surface area (Å²) < 4.78 is 46.2. The molecule has 316 valence electrons. The zero-order chi connectivity index (χ0) is 42.6. The van der Waals surface area contributed by atoms with Crippen LogP contribution in [0.15, 0.2) is 49.1 Å². The Morgan fingerprint density at radius 1 is 1.10 bits per heavy atom. The number of sulfonamides is 1. The number of carbonyl (C=O) groups excluding carboxylic acids is 4. The third-order valence-corrected chi connectivity index (χ3v) is 14.4. The van der Waals surface area contributed by atoms with Crippen LogP contribution in [-0.4, -0.2) is 91.4 Å². The van der Waals surface area contributed by atoms with Gasteiger partial charge in [-0.3, -0.25) is 19.1 Å². The van der Waals surface area contributed by atoms with Gasteiger partial charge >= 0.3 is 6.09 Å². The second kappa shape index (κ2) is 15.7. The maximum atomic E-state index is 14.9. The number of pyridine rings is 1. The number of benzene rings is 2. The average Bonchev–Trinajstić information content (AvgIpc) is 4.10. The van der Waals surface area contributed by atoms with E-state index in [0.717, 1.165) is 29.2 Å². The fraction of sp³-hybridized carbons (Fsp3) is 0.500. The van der Waals surface area contributed by atoms with Crippen LogP contribution in [0.1, 0.15) is 82.8 Å². The van der Waals surface area contributed by atoms with Crippen LogP contribution in [0.5, 0.6) is 11.6 Å². The topological polar surface area (TPSA) is 206 Å². The van der Waals surface area contributed by atoms with Gasteiger partial charge in [-0.15, -0.1) is 6.58 Å². The normalized spacial score (nSPS) is 26.9. The summed E-state index contributed by atoms with van der Waals surface area (Å²) in [6.45, 7) is 7.73. The molecule has 16 heteroatoms. The molecule has 60 heavy (non-hydrogen) atoms. The van der Waals surface area contributed by atoms with E-state index < -0.39 is 74.1 Å². The minimum absolute atomic E-state index is 0.0210. The highest BCUT2D eigenvalue weighted by molar-refractivity contribution is 7.91. The number of amides is 4. The van der Waals surface area contributed by atoms with Crippen molar-refractivity contribution in [3.8, 4) is 17.7 Å². The molecule has 4 bridgehead atoms. The third kappa shape index (κ3) is 7.99. The molecule has 15 nitrogen and oxygen atoms in total. The van der Waals surface area contributed by atoms with E-state index in [9.17, 15) is 32.9 Å². The van der Waals surface area contributed by atoms with Gasteiger partial charge in [0, 0.05) is 39.5 Å². The number of hydrogen-bond donors (Lipinski definition) is 3. The van der Waals surface area contributed by atoms with Gasteiger partial charge in [-0.05, 0) is 68.7 Å². The van der Waals surface area contributed by atoms with Gasteiger partial charge in [-0.25, -0.2) is 18.2 Å². The van der Waals surface area contributed by atoms with Crippen LogP contribution in [0.25, 0.3) is 27.8 Å². The fourth-order valence-electron chi connectivity index (χ4n) is 8.88. The van der Waals surface area contributed by atoms with E-state index in [1.807, 2.05) is 44.2 Å². The number of allylic oxidation sites excluding steroid dienone is 1. The number of carbonyl (C=O) groups is 4. The molecular weight excluding hydrogens is 789 g/mol. The van der Waals surface area contributed by atoms with Gasteiger partial charge in [-0.1, -0.05) is 51.0 Å². The predicted octanol–water partition coefficient (Wildman–Crippen LogP) is 5.01. The van der Waals surface area contributed by atoms with Crippen LogP contribution >= 0.6 is 0 Å². The van der Waals surface area contributed by atoms with Crippen LogP contribution in [0.4, 0.5) is 4.79 Å². The summed E-state index contributed by atoms with van der Waals surface area (Å²) in [6.07, 6.45) is 8.49. The van der Waals surface area contributed by atoms with Gasteiger partial charge in [0.05, 0.1) is 42.7 Å². The summed E-state index contributed by atoms with van der Waals surface area (Å²) in [7, 11) is -2.35. The van der Waals surface area contributed by atoms with Crippen LogP contribution in [0.2, 0.25) is 0 Å². The maximum absolute atomic E-state index is 14.9. The van der Waals surface area contributed by atoms with Crippen molar-refractivity contribution in [1.29, 1.82) is 5.26 Å². The Labute approximate surface area is 348 Å². The number of alkyl carbamates (subject to hydrolysis) is 1. The number of nitrogens with zero attached hydrogens (tertiary/aromatic N) is 3. The molecule has 3 N–H and O–H groups in total. The first-order valence-corrected chi connectivity index (χ1v) is 22.1.